The van der Waals surface area contributed by atoms with Crippen LogP contribution in [0.15, 0.2) is 42.6 Å². The van der Waals surface area contributed by atoms with E-state index in [9.17, 15) is 5.11 Å². The predicted octanol–water partition coefficient (Wildman–Crippen LogP) is 3.72. The Labute approximate surface area is 149 Å². The zero-order chi connectivity index (χ0) is 17.5. The van der Waals surface area contributed by atoms with Crippen LogP contribution in [0.2, 0.25) is 5.02 Å². The summed E-state index contributed by atoms with van der Waals surface area (Å²) in [4.78, 5) is 2.30. The monoisotopic (exact) mass is 350 g/mol. The van der Waals surface area contributed by atoms with Crippen LogP contribution in [0.5, 0.6) is 5.75 Å². The summed E-state index contributed by atoms with van der Waals surface area (Å²) >= 11 is 5.86. The van der Waals surface area contributed by atoms with Crippen molar-refractivity contribution in [2.24, 2.45) is 7.05 Å². The van der Waals surface area contributed by atoms with Gasteiger partial charge >= 0.3 is 0 Å². The Morgan fingerprint density at radius 3 is 2.54 bits per heavy atom. The van der Waals surface area contributed by atoms with E-state index in [-0.39, 0.29) is 6.61 Å². The van der Waals surface area contributed by atoms with E-state index in [1.807, 2.05) is 31.4 Å². The van der Waals surface area contributed by atoms with Gasteiger partial charge in [-0.1, -0.05) is 18.5 Å². The van der Waals surface area contributed by atoms with Crippen molar-refractivity contribution in [3.05, 3.63) is 53.3 Å². The van der Waals surface area contributed by atoms with E-state index in [1.54, 1.807) is 12.1 Å². The van der Waals surface area contributed by atoms with Crippen LogP contribution in [-0.2, 0) is 13.6 Å². The Hall–Kier alpha value is -1.49. The lowest BCUT2D eigenvalue weighted by Crippen LogP contribution is -2.40. The first kappa shape index (κ1) is 18.8. The quantitative estimate of drug-likeness (QED) is 0.749. The van der Waals surface area contributed by atoms with Crippen molar-refractivity contribution >= 4 is 11.6 Å². The summed E-state index contributed by atoms with van der Waals surface area (Å²) in [6.45, 7) is 6.01. The lowest BCUT2D eigenvalue weighted by Gasteiger charge is -2.30. The molecule has 2 rings (SSSR count). The van der Waals surface area contributed by atoms with Gasteiger partial charge in [0, 0.05) is 43.1 Å². The van der Waals surface area contributed by atoms with Crippen LogP contribution in [0.3, 0.4) is 0 Å². The third kappa shape index (κ3) is 5.55. The van der Waals surface area contributed by atoms with Crippen LogP contribution in [0.1, 0.15) is 26.0 Å². The SMILES string of the molecule is CC[C@@H](C)N(Cc1cccn1C)C[C@@H](O)COc1ccc(Cl)cc1. The number of hydrogen-bond acceptors (Lipinski definition) is 3. The molecule has 132 valence electrons. The van der Waals surface area contributed by atoms with Crippen LogP contribution in [0.25, 0.3) is 0 Å². The minimum absolute atomic E-state index is 0.266. The minimum Gasteiger partial charge on any atom is -0.491 e. The van der Waals surface area contributed by atoms with Gasteiger partial charge in [0.05, 0.1) is 0 Å². The lowest BCUT2D eigenvalue weighted by atomic mass is 10.2. The smallest absolute Gasteiger partial charge is 0.119 e. The number of nitrogens with zero attached hydrogens (tertiary/aromatic N) is 2. The zero-order valence-electron chi connectivity index (χ0n) is 14.7. The third-order valence-corrected chi connectivity index (χ3v) is 4.58. The fraction of sp³-hybridized carbons (Fsp3) is 0.474. The highest BCUT2D eigenvalue weighted by molar-refractivity contribution is 6.30. The fourth-order valence-electron chi connectivity index (χ4n) is 2.57. The highest BCUT2D eigenvalue weighted by Crippen LogP contribution is 2.16. The number of aliphatic hydroxyl groups is 1. The molecule has 0 radical (unpaired) electrons. The minimum atomic E-state index is -0.546. The molecule has 0 saturated heterocycles. The molecule has 1 aromatic carbocycles. The number of aromatic nitrogens is 1. The molecule has 2 aromatic rings. The molecular formula is C19H27ClN2O2. The number of halogens is 1. The van der Waals surface area contributed by atoms with Crippen LogP contribution >= 0.6 is 11.6 Å². The van der Waals surface area contributed by atoms with Gasteiger partial charge in [-0.2, -0.15) is 0 Å². The molecule has 5 heteroatoms. The van der Waals surface area contributed by atoms with Crippen LogP contribution in [0.4, 0.5) is 0 Å². The second-order valence-corrected chi connectivity index (χ2v) is 6.65. The molecule has 0 aliphatic carbocycles. The molecule has 0 amide bonds. The van der Waals surface area contributed by atoms with Gasteiger partial charge in [-0.25, -0.2) is 0 Å². The van der Waals surface area contributed by atoms with E-state index in [0.29, 0.717) is 17.6 Å². The fourth-order valence-corrected chi connectivity index (χ4v) is 2.70. The molecule has 0 saturated carbocycles. The van der Waals surface area contributed by atoms with Gasteiger partial charge in [0.15, 0.2) is 0 Å². The molecule has 1 heterocycles. The molecule has 24 heavy (non-hydrogen) atoms. The summed E-state index contributed by atoms with van der Waals surface area (Å²) in [6.07, 6.45) is 2.54. The van der Waals surface area contributed by atoms with Crippen molar-refractivity contribution in [2.45, 2.75) is 39.0 Å². The largest absolute Gasteiger partial charge is 0.491 e. The summed E-state index contributed by atoms with van der Waals surface area (Å²) in [6, 6.07) is 11.7. The first-order chi connectivity index (χ1) is 11.5. The number of aryl methyl sites for hydroxylation is 1. The van der Waals surface area contributed by atoms with Crippen molar-refractivity contribution in [3.8, 4) is 5.75 Å². The van der Waals surface area contributed by atoms with Crippen LogP contribution in [-0.4, -0.2) is 39.9 Å². The van der Waals surface area contributed by atoms with E-state index < -0.39 is 6.10 Å². The second kappa shape index (κ2) is 9.11. The average Bonchev–Trinajstić information content (AvgIpc) is 2.98. The lowest BCUT2D eigenvalue weighted by molar-refractivity contribution is 0.0497. The molecule has 0 unspecified atom stereocenters. The summed E-state index contributed by atoms with van der Waals surface area (Å²) in [5.74, 6) is 0.718. The van der Waals surface area contributed by atoms with E-state index >= 15 is 0 Å². The standard InChI is InChI=1S/C19H27ClN2O2/c1-4-15(2)22(12-17-6-5-11-21(17)3)13-18(23)14-24-19-9-7-16(20)8-10-19/h5-11,15,18,23H,4,12-14H2,1-3H3/t15-,18-/m1/s1. The zero-order valence-corrected chi connectivity index (χ0v) is 15.4. The first-order valence-electron chi connectivity index (χ1n) is 8.40. The van der Waals surface area contributed by atoms with Crippen molar-refractivity contribution in [2.75, 3.05) is 13.2 Å². The molecule has 1 aromatic heterocycles. The topological polar surface area (TPSA) is 37.6 Å². The van der Waals surface area contributed by atoms with Crippen molar-refractivity contribution < 1.29 is 9.84 Å². The van der Waals surface area contributed by atoms with Gasteiger partial charge in [-0.05, 0) is 49.7 Å². The summed E-state index contributed by atoms with van der Waals surface area (Å²) in [5.41, 5.74) is 1.24. The van der Waals surface area contributed by atoms with Gasteiger partial charge in [-0.3, -0.25) is 4.90 Å². The Morgan fingerprint density at radius 2 is 1.96 bits per heavy atom. The van der Waals surface area contributed by atoms with E-state index in [1.165, 1.54) is 5.69 Å². The molecule has 0 aliphatic heterocycles. The molecule has 1 N–H and O–H groups in total. The highest BCUT2D eigenvalue weighted by Gasteiger charge is 2.18. The maximum Gasteiger partial charge on any atom is 0.119 e. The van der Waals surface area contributed by atoms with Crippen molar-refractivity contribution in [1.82, 2.24) is 9.47 Å². The van der Waals surface area contributed by atoms with Gasteiger partial charge in [0.25, 0.3) is 0 Å². The van der Waals surface area contributed by atoms with E-state index in [4.69, 9.17) is 16.3 Å². The summed E-state index contributed by atoms with van der Waals surface area (Å²) in [5, 5.41) is 11.1. The number of benzene rings is 1. The Kier molecular flexibility index (Phi) is 7.16. The van der Waals surface area contributed by atoms with E-state index in [0.717, 1.165) is 18.7 Å². The van der Waals surface area contributed by atoms with Crippen LogP contribution < -0.4 is 4.74 Å². The number of ether oxygens (including phenoxy) is 1. The molecule has 4 nitrogen and oxygen atoms in total. The molecule has 2 atom stereocenters. The maximum atomic E-state index is 10.4. The molecule has 0 aliphatic rings. The predicted molar refractivity (Wildman–Crippen MR) is 98.5 cm³/mol. The first-order valence-corrected chi connectivity index (χ1v) is 8.78. The Morgan fingerprint density at radius 1 is 1.25 bits per heavy atom. The third-order valence-electron chi connectivity index (χ3n) is 4.33. The Bertz CT molecular complexity index is 612. The average molecular weight is 351 g/mol. The van der Waals surface area contributed by atoms with E-state index in [2.05, 4.69) is 29.4 Å². The second-order valence-electron chi connectivity index (χ2n) is 6.22. The summed E-state index contributed by atoms with van der Waals surface area (Å²) in [7, 11) is 2.05. The molecule has 0 fully saturated rings. The summed E-state index contributed by atoms with van der Waals surface area (Å²) < 4.78 is 7.77. The Balaban J connectivity index is 1.90. The maximum absolute atomic E-state index is 10.4. The van der Waals surface area contributed by atoms with Crippen LogP contribution in [0, 0.1) is 0 Å². The number of rotatable bonds is 9. The molecule has 0 spiro atoms. The van der Waals surface area contributed by atoms with Gasteiger partial charge in [0.2, 0.25) is 0 Å². The van der Waals surface area contributed by atoms with Gasteiger partial charge in [-0.15, -0.1) is 0 Å². The number of aliphatic hydroxyl groups excluding tert-OH is 1. The van der Waals surface area contributed by atoms with Crippen molar-refractivity contribution in [3.63, 3.8) is 0 Å². The molecule has 0 bridgehead atoms. The highest BCUT2D eigenvalue weighted by atomic mass is 35.5. The van der Waals surface area contributed by atoms with Gasteiger partial charge < -0.3 is 14.4 Å². The number of hydrogen-bond donors (Lipinski definition) is 1. The normalized spacial score (nSPS) is 13.9. The van der Waals surface area contributed by atoms with Gasteiger partial charge in [0.1, 0.15) is 18.5 Å². The molecular weight excluding hydrogens is 324 g/mol. The van der Waals surface area contributed by atoms with Crippen molar-refractivity contribution in [1.29, 1.82) is 0 Å².